The molecule has 0 aliphatic rings. The maximum atomic E-state index is 7.17. The first-order valence-corrected chi connectivity index (χ1v) is 0.775. The Balaban J connectivity index is -0.0000000450. The Hall–Kier alpha value is 2.71. The van der Waals surface area contributed by atoms with E-state index in [-0.39, 0.29) is 84.2 Å². The molecule has 6 heavy (non-hydrogen) atoms. The smallest absolute Gasteiger partial charge is 0.402 e. The van der Waals surface area contributed by atoms with Gasteiger partial charge in [0, 0.05) is 84.2 Å². The Morgan fingerprint density at radius 1 is 1.00 bits per heavy atom. The molecule has 0 unspecified atom stereocenters. The summed E-state index contributed by atoms with van der Waals surface area (Å²) in [7, 11) is -2.17. The molecule has 0 amide bonds. The van der Waals surface area contributed by atoms with Crippen LogP contribution in [-0.4, -0.2) is 22.4 Å². The Morgan fingerprint density at radius 2 is 1.00 bits per heavy atom. The molecule has 0 radical (unpaired) electrons. The van der Waals surface area contributed by atoms with Gasteiger partial charge in [-0.25, -0.2) is 0 Å². The summed E-state index contributed by atoms with van der Waals surface area (Å²) in [6.45, 7) is 0. The molecule has 0 heterocycles. The molecule has 0 aromatic heterocycles. The second-order valence-corrected chi connectivity index (χ2v) is 0.346. The van der Waals surface area contributed by atoms with E-state index in [1.807, 2.05) is 0 Å². The zero-order valence-electron chi connectivity index (χ0n) is 2.47. The van der Waals surface area contributed by atoms with Crippen molar-refractivity contribution in [3.63, 3.8) is 0 Å². The third kappa shape index (κ3) is 29.8. The van der Waals surface area contributed by atoms with Gasteiger partial charge in [0.2, 0.25) is 0 Å². The third-order valence-corrected chi connectivity index (χ3v) is 0. The summed E-state index contributed by atoms with van der Waals surface area (Å²) in [5.41, 5.74) is 0. The first kappa shape index (κ1) is 15.9. The summed E-state index contributed by atoms with van der Waals surface area (Å²) in [6, 6.07) is 0. The van der Waals surface area contributed by atoms with Gasteiger partial charge in [-0.2, -0.15) is 0 Å². The van der Waals surface area contributed by atoms with E-state index >= 15 is 0 Å². The fourth-order valence-electron chi connectivity index (χ4n) is 0. The van der Waals surface area contributed by atoms with Crippen LogP contribution >= 0.6 is 0 Å². The van der Waals surface area contributed by atoms with E-state index in [9.17, 15) is 0 Å². The topological polar surface area (TPSA) is 60.7 Å². The monoisotopic (exact) mass is 402 g/mol. The maximum absolute atomic E-state index is 7.17. The normalized spacial score (nSPS) is 4.50. The molecule has 3 nitrogen and oxygen atoms in total. The van der Waals surface area contributed by atoms with Gasteiger partial charge in [-0.3, -0.25) is 0 Å². The van der Waals surface area contributed by atoms with Crippen LogP contribution in [0.1, 0.15) is 0 Å². The van der Waals surface area contributed by atoms with Crippen molar-refractivity contribution < 1.29 is 99.3 Å². The van der Waals surface area contributed by atoms with Crippen molar-refractivity contribution in [2.75, 3.05) is 0 Å². The molecule has 0 aromatic rings. The van der Waals surface area contributed by atoms with Crippen LogP contribution in [0, 0.1) is 84.2 Å². The predicted octanol–water partition coefficient (Wildman–Crippen LogP) is -2.05. The molecule has 3 N–H and O–H groups in total. The number of hydrogen-bond donors (Lipinski definition) is 3. The largest absolute Gasteiger partial charge is 0.631 e. The van der Waals surface area contributed by atoms with Gasteiger partial charge in [0.25, 0.3) is 0 Å². The second-order valence-electron chi connectivity index (χ2n) is 0.346. The van der Waals surface area contributed by atoms with Crippen LogP contribution < -0.4 is 0 Å². The molecule has 0 rings (SSSR count). The molecule has 0 saturated carbocycles. The van der Waals surface area contributed by atoms with Gasteiger partial charge >= 0.3 is 7.32 Å². The Morgan fingerprint density at radius 3 is 1.00 bits per heavy atom. The summed E-state index contributed by atoms with van der Waals surface area (Å²) in [5, 5.41) is 21.5. The van der Waals surface area contributed by atoms with Crippen LogP contribution in [0.4, 0.5) is 0 Å². The molecule has 0 aromatic carbocycles. The fraction of sp³-hybridized carbons (Fsp3) is 0. The van der Waals surface area contributed by atoms with Gasteiger partial charge in [-0.05, 0) is 0 Å². The van der Waals surface area contributed by atoms with Crippen molar-refractivity contribution in [1.82, 2.24) is 0 Å². The van der Waals surface area contributed by atoms with Crippen molar-refractivity contribution in [2.45, 2.75) is 0 Å². The standard InChI is InChI=1S/BH3O3.Er.Yb/c2-1(3)4;;/h2-4H;;. The van der Waals surface area contributed by atoms with Crippen LogP contribution in [0.5, 0.6) is 0 Å². The van der Waals surface area contributed by atoms with Gasteiger partial charge in [-0.15, -0.1) is 0 Å². The van der Waals surface area contributed by atoms with Gasteiger partial charge in [0.1, 0.15) is 0 Å². The van der Waals surface area contributed by atoms with Crippen molar-refractivity contribution in [1.29, 1.82) is 0 Å². The van der Waals surface area contributed by atoms with Crippen LogP contribution in [0.2, 0.25) is 0 Å². The zero-order valence-corrected chi connectivity index (χ0v) is 6.04. The van der Waals surface area contributed by atoms with E-state index in [4.69, 9.17) is 15.1 Å². The third-order valence-electron chi connectivity index (χ3n) is 0. The summed E-state index contributed by atoms with van der Waals surface area (Å²) < 4.78 is 0. The zero-order chi connectivity index (χ0) is 3.58. The average molecular weight is 402 g/mol. The van der Waals surface area contributed by atoms with Crippen LogP contribution in [0.25, 0.3) is 0 Å². The summed E-state index contributed by atoms with van der Waals surface area (Å²) in [4.78, 5) is 0. The molecule has 50 valence electrons. The molecule has 0 saturated heterocycles. The average Bonchev–Trinajstić information content (AvgIpc) is 0.811. The molecule has 0 spiro atoms. The van der Waals surface area contributed by atoms with Crippen LogP contribution in [0.15, 0.2) is 0 Å². The molecule has 0 aliphatic heterocycles. The van der Waals surface area contributed by atoms with E-state index in [1.54, 1.807) is 0 Å². The van der Waals surface area contributed by atoms with E-state index in [1.165, 1.54) is 0 Å². The van der Waals surface area contributed by atoms with Crippen molar-refractivity contribution in [3.05, 3.63) is 0 Å². The minimum Gasteiger partial charge on any atom is -0.402 e. The van der Waals surface area contributed by atoms with Crippen molar-refractivity contribution in [2.24, 2.45) is 0 Å². The first-order chi connectivity index (χ1) is 1.73. The number of rotatable bonds is 0. The Kier molecular flexibility index (Phi) is 28.2. The fourth-order valence-corrected chi connectivity index (χ4v) is 0. The molecule has 0 bridgehead atoms. The van der Waals surface area contributed by atoms with Crippen molar-refractivity contribution in [3.8, 4) is 0 Å². The summed E-state index contributed by atoms with van der Waals surface area (Å²) >= 11 is 0. The maximum Gasteiger partial charge on any atom is 0.631 e. The molecule has 0 fully saturated rings. The molecule has 0 aliphatic carbocycles. The second kappa shape index (κ2) is 10.6. The number of hydrogen-bond acceptors (Lipinski definition) is 3. The van der Waals surface area contributed by atoms with Gasteiger partial charge in [-0.1, -0.05) is 0 Å². The SMILES string of the molecule is OB(O)O.[Er].[Yb]. The molecule has 6 heteroatoms. The van der Waals surface area contributed by atoms with Crippen LogP contribution in [0.3, 0.4) is 0 Å². The summed E-state index contributed by atoms with van der Waals surface area (Å²) in [6.07, 6.45) is 0. The van der Waals surface area contributed by atoms with Crippen LogP contribution in [-0.2, 0) is 0 Å². The van der Waals surface area contributed by atoms with Crippen molar-refractivity contribution >= 4 is 7.32 Å². The van der Waals surface area contributed by atoms with Gasteiger partial charge in [0.05, 0.1) is 0 Å². The quantitative estimate of drug-likeness (QED) is 0.409. The molecular formula is H3BErO3Yb. The van der Waals surface area contributed by atoms with Gasteiger partial charge in [0.15, 0.2) is 0 Å². The van der Waals surface area contributed by atoms with E-state index in [0.29, 0.717) is 0 Å². The van der Waals surface area contributed by atoms with E-state index < -0.39 is 7.32 Å². The Labute approximate surface area is 104 Å². The first-order valence-electron chi connectivity index (χ1n) is 0.775. The van der Waals surface area contributed by atoms with Gasteiger partial charge < -0.3 is 15.1 Å². The Bertz CT molecular complexity index is 15.5. The molecule has 0 atom stereocenters. The van der Waals surface area contributed by atoms with E-state index in [0.717, 1.165) is 0 Å². The van der Waals surface area contributed by atoms with E-state index in [2.05, 4.69) is 0 Å². The minimum absolute atomic E-state index is 0. The summed E-state index contributed by atoms with van der Waals surface area (Å²) in [5.74, 6) is 0. The minimum atomic E-state index is -2.17. The molecular weight excluding hydrogens is 399 g/mol. The predicted molar refractivity (Wildman–Crippen MR) is 12.4 cm³/mol.